The van der Waals surface area contributed by atoms with E-state index in [1.807, 2.05) is 19.4 Å². The van der Waals surface area contributed by atoms with Gasteiger partial charge < -0.3 is 9.80 Å². The minimum absolute atomic E-state index is 0.219. The van der Waals surface area contributed by atoms with Gasteiger partial charge in [0.2, 0.25) is 5.91 Å². The third-order valence-corrected chi connectivity index (χ3v) is 4.80. The molecule has 1 amide bonds. The highest BCUT2D eigenvalue weighted by molar-refractivity contribution is 7.09. The smallest absolute Gasteiger partial charge is 0.223 e. The second-order valence-corrected chi connectivity index (χ2v) is 6.87. The van der Waals surface area contributed by atoms with Crippen LogP contribution in [0.1, 0.15) is 36.9 Å². The van der Waals surface area contributed by atoms with Crippen LogP contribution in [0, 0.1) is 12.8 Å². The van der Waals surface area contributed by atoms with Crippen molar-refractivity contribution in [1.82, 2.24) is 14.8 Å². The lowest BCUT2D eigenvalue weighted by molar-refractivity contribution is -0.130. The third-order valence-electron chi connectivity index (χ3n) is 3.85. The molecule has 112 valence electrons. The van der Waals surface area contributed by atoms with E-state index in [2.05, 4.69) is 16.8 Å². The molecule has 0 bridgehead atoms. The van der Waals surface area contributed by atoms with Gasteiger partial charge in [-0.3, -0.25) is 4.79 Å². The van der Waals surface area contributed by atoms with Crippen LogP contribution in [0.15, 0.2) is 5.38 Å². The van der Waals surface area contributed by atoms with E-state index in [1.54, 1.807) is 16.2 Å². The van der Waals surface area contributed by atoms with Crippen molar-refractivity contribution < 1.29 is 4.79 Å². The maximum Gasteiger partial charge on any atom is 0.223 e. The van der Waals surface area contributed by atoms with Crippen LogP contribution in [0.2, 0.25) is 0 Å². The first-order valence-electron chi connectivity index (χ1n) is 7.42. The lowest BCUT2D eigenvalue weighted by Crippen LogP contribution is -2.37. The molecule has 2 rings (SSSR count). The molecular weight excluding hydrogens is 270 g/mol. The van der Waals surface area contributed by atoms with Crippen LogP contribution in [0.3, 0.4) is 0 Å². The molecule has 0 radical (unpaired) electrons. The van der Waals surface area contributed by atoms with Crippen LogP contribution in [-0.2, 0) is 11.3 Å². The van der Waals surface area contributed by atoms with Crippen molar-refractivity contribution in [2.75, 3.05) is 26.7 Å². The molecule has 4 nitrogen and oxygen atoms in total. The number of thiazole rings is 1. The Balaban J connectivity index is 1.73. The fraction of sp³-hybridized carbons (Fsp3) is 0.733. The quantitative estimate of drug-likeness (QED) is 0.837. The number of aryl methyl sites for hydroxylation is 1. The lowest BCUT2D eigenvalue weighted by Gasteiger charge is -2.31. The average Bonchev–Trinajstić information content (AvgIpc) is 2.81. The van der Waals surface area contributed by atoms with Crippen LogP contribution < -0.4 is 0 Å². The van der Waals surface area contributed by atoms with Crippen molar-refractivity contribution in [2.45, 2.75) is 39.7 Å². The van der Waals surface area contributed by atoms with Crippen LogP contribution >= 0.6 is 11.3 Å². The first-order valence-corrected chi connectivity index (χ1v) is 8.30. The van der Waals surface area contributed by atoms with Crippen molar-refractivity contribution >= 4 is 17.2 Å². The zero-order valence-electron chi connectivity index (χ0n) is 12.8. The SMILES string of the molecule is Cc1csc(CN(C)C(=O)CCN2CCCC(C)C2)n1. The predicted octanol–water partition coefficient (Wildman–Crippen LogP) is 2.53. The zero-order valence-corrected chi connectivity index (χ0v) is 13.6. The number of hydrogen-bond donors (Lipinski definition) is 0. The molecule has 1 aromatic heterocycles. The molecule has 1 aliphatic rings. The fourth-order valence-electron chi connectivity index (χ4n) is 2.70. The number of piperidine rings is 1. The molecule has 1 unspecified atom stereocenters. The summed E-state index contributed by atoms with van der Waals surface area (Å²) < 4.78 is 0. The fourth-order valence-corrected chi connectivity index (χ4v) is 3.52. The first kappa shape index (κ1) is 15.4. The van der Waals surface area contributed by atoms with Crippen molar-refractivity contribution in [3.8, 4) is 0 Å². The standard InChI is InChI=1S/C15H25N3OS/c1-12-5-4-7-18(9-12)8-6-15(19)17(3)10-14-16-13(2)11-20-14/h11-12H,4-10H2,1-3H3. The van der Waals surface area contributed by atoms with Crippen molar-refractivity contribution in [3.63, 3.8) is 0 Å². The van der Waals surface area contributed by atoms with Gasteiger partial charge >= 0.3 is 0 Å². The number of rotatable bonds is 5. The Morgan fingerprint density at radius 3 is 3.05 bits per heavy atom. The maximum absolute atomic E-state index is 12.2. The lowest BCUT2D eigenvalue weighted by atomic mass is 10.0. The predicted molar refractivity (Wildman–Crippen MR) is 82.8 cm³/mol. The molecule has 0 aliphatic carbocycles. The summed E-state index contributed by atoms with van der Waals surface area (Å²) in [6.45, 7) is 8.10. The number of nitrogens with zero attached hydrogens (tertiary/aromatic N) is 3. The molecule has 1 aliphatic heterocycles. The topological polar surface area (TPSA) is 36.4 Å². The normalized spacial score (nSPS) is 20.1. The average molecular weight is 295 g/mol. The Labute approximate surface area is 125 Å². The van der Waals surface area contributed by atoms with Gasteiger partial charge in [0.1, 0.15) is 5.01 Å². The molecule has 1 aromatic rings. The highest BCUT2D eigenvalue weighted by Crippen LogP contribution is 2.16. The highest BCUT2D eigenvalue weighted by atomic mass is 32.1. The van der Waals surface area contributed by atoms with E-state index in [1.165, 1.54) is 12.8 Å². The monoisotopic (exact) mass is 295 g/mol. The number of aromatic nitrogens is 1. The number of hydrogen-bond acceptors (Lipinski definition) is 4. The molecule has 0 N–H and O–H groups in total. The Morgan fingerprint density at radius 2 is 2.40 bits per heavy atom. The summed E-state index contributed by atoms with van der Waals surface area (Å²) in [5.41, 5.74) is 1.04. The summed E-state index contributed by atoms with van der Waals surface area (Å²) in [7, 11) is 1.87. The van der Waals surface area contributed by atoms with E-state index < -0.39 is 0 Å². The summed E-state index contributed by atoms with van der Waals surface area (Å²) in [5, 5.41) is 3.05. The summed E-state index contributed by atoms with van der Waals surface area (Å²) in [6.07, 6.45) is 3.21. The minimum atomic E-state index is 0.219. The first-order chi connectivity index (χ1) is 9.54. The number of likely N-dealkylation sites (tertiary alicyclic amines) is 1. The Morgan fingerprint density at radius 1 is 1.60 bits per heavy atom. The molecule has 1 atom stereocenters. The van der Waals surface area contributed by atoms with Crippen LogP contribution in [-0.4, -0.2) is 47.4 Å². The van der Waals surface area contributed by atoms with Gasteiger partial charge in [-0.15, -0.1) is 11.3 Å². The molecule has 1 saturated heterocycles. The molecular formula is C15H25N3OS. The maximum atomic E-state index is 12.2. The van der Waals surface area contributed by atoms with Gasteiger partial charge in [-0.2, -0.15) is 0 Å². The van der Waals surface area contributed by atoms with Gasteiger partial charge in [0.25, 0.3) is 0 Å². The van der Waals surface area contributed by atoms with Gasteiger partial charge in [0.15, 0.2) is 0 Å². The van der Waals surface area contributed by atoms with E-state index in [4.69, 9.17) is 0 Å². The Hall–Kier alpha value is -0.940. The van der Waals surface area contributed by atoms with Crippen molar-refractivity contribution in [3.05, 3.63) is 16.1 Å². The zero-order chi connectivity index (χ0) is 14.5. The van der Waals surface area contributed by atoms with Crippen LogP contribution in [0.5, 0.6) is 0 Å². The van der Waals surface area contributed by atoms with Crippen LogP contribution in [0.4, 0.5) is 0 Å². The van der Waals surface area contributed by atoms with Gasteiger partial charge in [-0.05, 0) is 32.2 Å². The van der Waals surface area contributed by atoms with E-state index in [0.29, 0.717) is 13.0 Å². The largest absolute Gasteiger partial charge is 0.339 e. The Bertz CT molecular complexity index is 446. The molecule has 0 spiro atoms. The second-order valence-electron chi connectivity index (χ2n) is 5.93. The molecule has 0 aromatic carbocycles. The van der Waals surface area contributed by atoms with E-state index in [-0.39, 0.29) is 5.91 Å². The van der Waals surface area contributed by atoms with Crippen molar-refractivity contribution in [1.29, 1.82) is 0 Å². The molecule has 0 saturated carbocycles. The number of carbonyl (C=O) groups is 1. The molecule has 2 heterocycles. The summed E-state index contributed by atoms with van der Waals surface area (Å²) in [5.74, 6) is 0.992. The summed E-state index contributed by atoms with van der Waals surface area (Å²) >= 11 is 1.63. The van der Waals surface area contributed by atoms with E-state index in [0.717, 1.165) is 36.3 Å². The van der Waals surface area contributed by atoms with Gasteiger partial charge in [0, 0.05) is 37.6 Å². The molecule has 20 heavy (non-hydrogen) atoms. The molecule has 5 heteroatoms. The highest BCUT2D eigenvalue weighted by Gasteiger charge is 2.18. The minimum Gasteiger partial charge on any atom is -0.339 e. The second kappa shape index (κ2) is 7.18. The van der Waals surface area contributed by atoms with Gasteiger partial charge in [-0.1, -0.05) is 6.92 Å². The number of carbonyl (C=O) groups excluding carboxylic acids is 1. The van der Waals surface area contributed by atoms with Crippen molar-refractivity contribution in [2.24, 2.45) is 5.92 Å². The van der Waals surface area contributed by atoms with E-state index in [9.17, 15) is 4.79 Å². The van der Waals surface area contributed by atoms with Gasteiger partial charge in [-0.25, -0.2) is 4.98 Å². The summed E-state index contributed by atoms with van der Waals surface area (Å²) in [6, 6.07) is 0. The van der Waals surface area contributed by atoms with Gasteiger partial charge in [0.05, 0.1) is 6.54 Å². The van der Waals surface area contributed by atoms with E-state index >= 15 is 0 Å². The number of amides is 1. The molecule has 1 fully saturated rings. The third kappa shape index (κ3) is 4.56. The summed E-state index contributed by atoms with van der Waals surface area (Å²) in [4.78, 5) is 20.8. The Kier molecular flexibility index (Phi) is 5.54. The van der Waals surface area contributed by atoms with Crippen LogP contribution in [0.25, 0.3) is 0 Å².